The summed E-state index contributed by atoms with van der Waals surface area (Å²) in [6.45, 7) is 5.63. The molecule has 0 spiro atoms. The Labute approximate surface area is 120 Å². The molecule has 0 aliphatic carbocycles. The zero-order chi connectivity index (χ0) is 14.9. The fourth-order valence-electron chi connectivity index (χ4n) is 1.92. The number of aromatic nitrogens is 4. The van der Waals surface area contributed by atoms with Crippen molar-refractivity contribution >= 4 is 17.6 Å². The van der Waals surface area contributed by atoms with E-state index < -0.39 is 0 Å². The minimum atomic E-state index is 0.0301. The first-order valence-electron chi connectivity index (χ1n) is 5.94. The van der Waals surface area contributed by atoms with Gasteiger partial charge < -0.3 is 10.9 Å². The van der Waals surface area contributed by atoms with Gasteiger partial charge in [-0.2, -0.15) is 5.10 Å². The van der Waals surface area contributed by atoms with Crippen LogP contribution in [0.2, 0.25) is 0 Å². The van der Waals surface area contributed by atoms with Gasteiger partial charge in [0.25, 0.3) is 0 Å². The van der Waals surface area contributed by atoms with Gasteiger partial charge in [0.05, 0.1) is 11.3 Å². The fourth-order valence-corrected chi connectivity index (χ4v) is 3.00. The van der Waals surface area contributed by atoms with Crippen molar-refractivity contribution < 1.29 is 5.21 Å². The second kappa shape index (κ2) is 5.49. The Morgan fingerprint density at radius 1 is 1.30 bits per heavy atom. The Morgan fingerprint density at radius 2 is 1.90 bits per heavy atom. The molecule has 0 saturated carbocycles. The van der Waals surface area contributed by atoms with Gasteiger partial charge in [-0.1, -0.05) is 5.16 Å². The highest BCUT2D eigenvalue weighted by atomic mass is 32.2. The van der Waals surface area contributed by atoms with E-state index in [1.807, 2.05) is 19.9 Å². The molecule has 0 aromatic carbocycles. The molecule has 8 heteroatoms. The van der Waals surface area contributed by atoms with Crippen LogP contribution in [0, 0.1) is 20.8 Å². The molecular formula is C12H16N6OS. The lowest BCUT2D eigenvalue weighted by molar-refractivity contribution is 0.318. The van der Waals surface area contributed by atoms with Crippen LogP contribution in [-0.4, -0.2) is 30.8 Å². The number of aryl methyl sites for hydroxylation is 4. The molecule has 7 nitrogen and oxygen atoms in total. The molecule has 2 aromatic rings. The molecule has 0 atom stereocenters. The Balaban J connectivity index is 2.48. The first kappa shape index (κ1) is 14.3. The highest BCUT2D eigenvalue weighted by Crippen LogP contribution is 2.29. The standard InChI is InChI=1S/C12H16N6OS/c1-6-5-7(2)15-12(14-6)20-11-9(10(13)17-19)8(3)16-18(11)4/h5,19H,1-4H3,(H2,13,17). The van der Waals surface area contributed by atoms with E-state index in [0.717, 1.165) is 16.4 Å². The number of rotatable bonds is 3. The largest absolute Gasteiger partial charge is 0.409 e. The lowest BCUT2D eigenvalue weighted by atomic mass is 10.2. The van der Waals surface area contributed by atoms with Gasteiger partial charge in [-0.25, -0.2) is 9.97 Å². The molecule has 20 heavy (non-hydrogen) atoms. The molecule has 0 fully saturated rings. The number of nitrogens with two attached hydrogens (primary N) is 1. The zero-order valence-corrected chi connectivity index (χ0v) is 12.6. The summed E-state index contributed by atoms with van der Waals surface area (Å²) in [5.74, 6) is 0.0301. The van der Waals surface area contributed by atoms with E-state index in [1.54, 1.807) is 18.7 Å². The minimum absolute atomic E-state index is 0.0301. The molecule has 0 aliphatic rings. The number of oxime groups is 1. The second-order valence-electron chi connectivity index (χ2n) is 4.41. The third kappa shape index (κ3) is 2.74. The molecule has 106 valence electrons. The van der Waals surface area contributed by atoms with Crippen molar-refractivity contribution in [2.24, 2.45) is 17.9 Å². The Morgan fingerprint density at radius 3 is 2.45 bits per heavy atom. The Kier molecular flexibility index (Phi) is 3.93. The average molecular weight is 292 g/mol. The van der Waals surface area contributed by atoms with Crippen molar-refractivity contribution in [1.82, 2.24) is 19.7 Å². The molecule has 2 heterocycles. The average Bonchev–Trinajstić information content (AvgIpc) is 2.62. The maximum absolute atomic E-state index is 8.89. The lowest BCUT2D eigenvalue weighted by Crippen LogP contribution is -2.15. The summed E-state index contributed by atoms with van der Waals surface area (Å²) < 4.78 is 1.68. The summed E-state index contributed by atoms with van der Waals surface area (Å²) in [5.41, 5.74) is 8.79. The van der Waals surface area contributed by atoms with Crippen molar-refractivity contribution in [2.45, 2.75) is 31.0 Å². The van der Waals surface area contributed by atoms with E-state index >= 15 is 0 Å². The molecule has 0 radical (unpaired) electrons. The SMILES string of the molecule is Cc1cc(C)nc(Sc2c(C(N)=NO)c(C)nn2C)n1. The predicted molar refractivity (Wildman–Crippen MR) is 76.1 cm³/mol. The quantitative estimate of drug-likeness (QED) is 0.291. The van der Waals surface area contributed by atoms with Crippen molar-refractivity contribution in [3.63, 3.8) is 0 Å². The molecule has 0 aliphatic heterocycles. The molecule has 0 unspecified atom stereocenters. The van der Waals surface area contributed by atoms with Crippen LogP contribution in [0.3, 0.4) is 0 Å². The molecule has 2 rings (SSSR count). The van der Waals surface area contributed by atoms with Crippen molar-refractivity contribution in [3.8, 4) is 0 Å². The maximum atomic E-state index is 8.89. The number of hydrogen-bond acceptors (Lipinski definition) is 6. The first-order chi connectivity index (χ1) is 9.42. The summed E-state index contributed by atoms with van der Waals surface area (Å²) in [7, 11) is 1.80. The van der Waals surface area contributed by atoms with Crippen LogP contribution >= 0.6 is 11.8 Å². The van der Waals surface area contributed by atoms with E-state index in [0.29, 0.717) is 16.4 Å². The molecule has 3 N–H and O–H groups in total. The van der Waals surface area contributed by atoms with Gasteiger partial charge in [-0.3, -0.25) is 4.68 Å². The normalized spacial score (nSPS) is 11.9. The summed E-state index contributed by atoms with van der Waals surface area (Å²) in [6, 6.07) is 1.91. The van der Waals surface area contributed by atoms with Crippen LogP contribution in [0.25, 0.3) is 0 Å². The monoisotopic (exact) mass is 292 g/mol. The minimum Gasteiger partial charge on any atom is -0.409 e. The van der Waals surface area contributed by atoms with Crippen molar-refractivity contribution in [3.05, 3.63) is 28.7 Å². The Hall–Kier alpha value is -2.09. The number of hydrogen-bond donors (Lipinski definition) is 2. The van der Waals surface area contributed by atoms with Crippen molar-refractivity contribution in [2.75, 3.05) is 0 Å². The van der Waals surface area contributed by atoms with Crippen LogP contribution in [0.1, 0.15) is 22.6 Å². The number of nitrogens with zero attached hydrogens (tertiary/aromatic N) is 5. The molecule has 0 saturated heterocycles. The smallest absolute Gasteiger partial charge is 0.194 e. The number of amidine groups is 1. The third-order valence-electron chi connectivity index (χ3n) is 2.68. The molecular weight excluding hydrogens is 276 g/mol. The van der Waals surface area contributed by atoms with Gasteiger partial charge in [0, 0.05) is 18.4 Å². The maximum Gasteiger partial charge on any atom is 0.194 e. The van der Waals surface area contributed by atoms with E-state index in [2.05, 4.69) is 20.2 Å². The topological polar surface area (TPSA) is 102 Å². The summed E-state index contributed by atoms with van der Waals surface area (Å²) in [6.07, 6.45) is 0. The van der Waals surface area contributed by atoms with Crippen LogP contribution in [0.4, 0.5) is 0 Å². The Bertz CT molecular complexity index is 659. The molecule has 0 bridgehead atoms. The van der Waals surface area contributed by atoms with E-state index in [1.165, 1.54) is 11.8 Å². The second-order valence-corrected chi connectivity index (χ2v) is 5.37. The van der Waals surface area contributed by atoms with Gasteiger partial charge >= 0.3 is 0 Å². The lowest BCUT2D eigenvalue weighted by Gasteiger charge is -2.05. The van der Waals surface area contributed by atoms with E-state index in [9.17, 15) is 0 Å². The molecule has 0 amide bonds. The van der Waals surface area contributed by atoms with E-state index in [4.69, 9.17) is 10.9 Å². The summed E-state index contributed by atoms with van der Waals surface area (Å²) in [4.78, 5) is 8.75. The van der Waals surface area contributed by atoms with Crippen molar-refractivity contribution in [1.29, 1.82) is 0 Å². The fraction of sp³-hybridized carbons (Fsp3) is 0.333. The summed E-state index contributed by atoms with van der Waals surface area (Å²) in [5, 5.41) is 17.6. The zero-order valence-electron chi connectivity index (χ0n) is 11.7. The highest BCUT2D eigenvalue weighted by Gasteiger charge is 2.19. The van der Waals surface area contributed by atoms with Gasteiger partial charge in [0.2, 0.25) is 0 Å². The summed E-state index contributed by atoms with van der Waals surface area (Å²) >= 11 is 1.34. The van der Waals surface area contributed by atoms with Crippen LogP contribution < -0.4 is 5.73 Å². The van der Waals surface area contributed by atoms with Gasteiger partial charge in [-0.05, 0) is 38.6 Å². The van der Waals surface area contributed by atoms with Gasteiger partial charge in [-0.15, -0.1) is 0 Å². The first-order valence-corrected chi connectivity index (χ1v) is 6.75. The highest BCUT2D eigenvalue weighted by molar-refractivity contribution is 7.99. The van der Waals surface area contributed by atoms with Crippen LogP contribution in [0.5, 0.6) is 0 Å². The predicted octanol–water partition coefficient (Wildman–Crippen LogP) is 1.38. The van der Waals surface area contributed by atoms with Gasteiger partial charge in [0.15, 0.2) is 11.0 Å². The van der Waals surface area contributed by atoms with E-state index in [-0.39, 0.29) is 5.84 Å². The van der Waals surface area contributed by atoms with Crippen LogP contribution in [0.15, 0.2) is 21.4 Å². The third-order valence-corrected chi connectivity index (χ3v) is 3.71. The molecule has 2 aromatic heterocycles. The van der Waals surface area contributed by atoms with Crippen LogP contribution in [-0.2, 0) is 7.05 Å². The van der Waals surface area contributed by atoms with Gasteiger partial charge in [0.1, 0.15) is 5.03 Å².